The van der Waals surface area contributed by atoms with Crippen molar-refractivity contribution in [3.8, 4) is 0 Å². The number of nitrogens with one attached hydrogen (secondary N) is 1. The Morgan fingerprint density at radius 2 is 2.15 bits per heavy atom. The Bertz CT molecular complexity index is 584. The normalized spacial score (nSPS) is 24.9. The van der Waals surface area contributed by atoms with E-state index in [4.69, 9.17) is 5.21 Å². The first-order valence-corrected chi connectivity index (χ1v) is 6.83. The van der Waals surface area contributed by atoms with Crippen LogP contribution in [0.3, 0.4) is 0 Å². The molecule has 1 fully saturated rings. The highest BCUT2D eigenvalue weighted by Crippen LogP contribution is 2.42. The fourth-order valence-electron chi connectivity index (χ4n) is 3.52. The highest BCUT2D eigenvalue weighted by molar-refractivity contribution is 5.93. The number of hydrogen-bond acceptors (Lipinski definition) is 3. The van der Waals surface area contributed by atoms with Crippen molar-refractivity contribution >= 4 is 11.8 Å². The van der Waals surface area contributed by atoms with Gasteiger partial charge in [0.15, 0.2) is 0 Å². The first-order valence-electron chi connectivity index (χ1n) is 6.83. The van der Waals surface area contributed by atoms with E-state index < -0.39 is 5.91 Å². The molecule has 1 saturated heterocycles. The molecule has 0 radical (unpaired) electrons. The molecule has 1 aromatic carbocycles. The van der Waals surface area contributed by atoms with Crippen LogP contribution < -0.4 is 5.48 Å². The number of likely N-dealkylation sites (tertiary alicyclic amines) is 1. The molecule has 2 amide bonds. The van der Waals surface area contributed by atoms with E-state index in [-0.39, 0.29) is 11.3 Å². The SMILES string of the molecule is CN1C[C@@]2(CCc3cc(C(=O)NO)ccc3C2)CC1=O. The summed E-state index contributed by atoms with van der Waals surface area (Å²) in [4.78, 5) is 25.0. The van der Waals surface area contributed by atoms with Crippen LogP contribution >= 0.6 is 0 Å². The second-order valence-electron chi connectivity index (χ2n) is 6.03. The number of aryl methyl sites for hydroxylation is 1. The molecule has 2 aliphatic rings. The monoisotopic (exact) mass is 274 g/mol. The molecule has 3 rings (SSSR count). The molecule has 1 heterocycles. The summed E-state index contributed by atoms with van der Waals surface area (Å²) in [5, 5.41) is 8.68. The van der Waals surface area contributed by atoms with Gasteiger partial charge in [-0.1, -0.05) is 6.07 Å². The average Bonchev–Trinajstić information content (AvgIpc) is 2.71. The maximum absolute atomic E-state index is 11.8. The van der Waals surface area contributed by atoms with Crippen LogP contribution in [-0.4, -0.2) is 35.5 Å². The van der Waals surface area contributed by atoms with Gasteiger partial charge in [0.25, 0.3) is 5.91 Å². The van der Waals surface area contributed by atoms with Gasteiger partial charge in [0.2, 0.25) is 5.91 Å². The van der Waals surface area contributed by atoms with E-state index in [0.717, 1.165) is 31.4 Å². The van der Waals surface area contributed by atoms with Crippen molar-refractivity contribution in [3.05, 3.63) is 34.9 Å². The Kier molecular flexibility index (Phi) is 3.01. The number of carbonyl (C=O) groups is 2. The maximum Gasteiger partial charge on any atom is 0.274 e. The summed E-state index contributed by atoms with van der Waals surface area (Å²) in [6, 6.07) is 5.52. The third-order valence-corrected chi connectivity index (χ3v) is 4.58. The van der Waals surface area contributed by atoms with Gasteiger partial charge in [-0.05, 0) is 42.5 Å². The number of rotatable bonds is 1. The highest BCUT2D eigenvalue weighted by atomic mass is 16.5. The lowest BCUT2D eigenvalue weighted by Crippen LogP contribution is -2.32. The highest BCUT2D eigenvalue weighted by Gasteiger charge is 2.43. The van der Waals surface area contributed by atoms with Crippen molar-refractivity contribution in [2.45, 2.75) is 25.7 Å². The Morgan fingerprint density at radius 3 is 2.80 bits per heavy atom. The second kappa shape index (κ2) is 4.59. The minimum absolute atomic E-state index is 0.0690. The maximum atomic E-state index is 11.8. The number of benzene rings is 1. The molecule has 0 unspecified atom stereocenters. The van der Waals surface area contributed by atoms with Crippen LogP contribution in [0.15, 0.2) is 18.2 Å². The Morgan fingerprint density at radius 1 is 1.35 bits per heavy atom. The van der Waals surface area contributed by atoms with Crippen molar-refractivity contribution in [1.29, 1.82) is 0 Å². The van der Waals surface area contributed by atoms with Gasteiger partial charge >= 0.3 is 0 Å². The second-order valence-corrected chi connectivity index (χ2v) is 6.03. The van der Waals surface area contributed by atoms with Gasteiger partial charge in [-0.15, -0.1) is 0 Å². The lowest BCUT2D eigenvalue weighted by Gasteiger charge is -2.34. The molecule has 5 heteroatoms. The quantitative estimate of drug-likeness (QED) is 0.596. The van der Waals surface area contributed by atoms with Crippen molar-refractivity contribution in [2.24, 2.45) is 5.41 Å². The van der Waals surface area contributed by atoms with Crippen molar-refractivity contribution < 1.29 is 14.8 Å². The molecule has 1 aliphatic heterocycles. The van der Waals surface area contributed by atoms with Crippen LogP contribution in [0.5, 0.6) is 0 Å². The third kappa shape index (κ3) is 2.08. The van der Waals surface area contributed by atoms with E-state index in [1.807, 2.05) is 24.1 Å². The first kappa shape index (κ1) is 13.1. The number of amides is 2. The molecular weight excluding hydrogens is 256 g/mol. The smallest absolute Gasteiger partial charge is 0.274 e. The zero-order valence-electron chi connectivity index (χ0n) is 11.5. The molecule has 1 aliphatic carbocycles. The van der Waals surface area contributed by atoms with E-state index in [1.54, 1.807) is 11.5 Å². The van der Waals surface area contributed by atoms with Crippen molar-refractivity contribution in [3.63, 3.8) is 0 Å². The van der Waals surface area contributed by atoms with Gasteiger partial charge in [0.05, 0.1) is 0 Å². The molecular formula is C15H18N2O3. The fourth-order valence-corrected chi connectivity index (χ4v) is 3.52. The van der Waals surface area contributed by atoms with E-state index in [1.165, 1.54) is 5.56 Å². The largest absolute Gasteiger partial charge is 0.345 e. The van der Waals surface area contributed by atoms with Crippen molar-refractivity contribution in [1.82, 2.24) is 10.4 Å². The molecule has 1 aromatic rings. The Balaban J connectivity index is 1.86. The zero-order chi connectivity index (χ0) is 14.3. The summed E-state index contributed by atoms with van der Waals surface area (Å²) in [5.41, 5.74) is 4.57. The van der Waals surface area contributed by atoms with Crippen LogP contribution in [-0.2, 0) is 17.6 Å². The van der Waals surface area contributed by atoms with Crippen molar-refractivity contribution in [2.75, 3.05) is 13.6 Å². The fraction of sp³-hybridized carbons (Fsp3) is 0.467. The molecule has 20 heavy (non-hydrogen) atoms. The number of hydrogen-bond donors (Lipinski definition) is 2. The van der Waals surface area contributed by atoms with Gasteiger partial charge in [0.1, 0.15) is 0 Å². The predicted octanol–water partition coefficient (Wildman–Crippen LogP) is 1.14. The summed E-state index contributed by atoms with van der Waals surface area (Å²) in [7, 11) is 1.86. The van der Waals surface area contributed by atoms with E-state index >= 15 is 0 Å². The number of fused-ring (bicyclic) bond motifs is 1. The molecule has 1 atom stereocenters. The Labute approximate surface area is 117 Å². The number of carbonyl (C=O) groups excluding carboxylic acids is 2. The first-order chi connectivity index (χ1) is 9.53. The van der Waals surface area contributed by atoms with Gasteiger partial charge in [-0.25, -0.2) is 5.48 Å². The molecule has 0 bridgehead atoms. The van der Waals surface area contributed by atoms with Gasteiger partial charge in [0, 0.05) is 31.0 Å². The van der Waals surface area contributed by atoms with Gasteiger partial charge in [-0.3, -0.25) is 14.8 Å². The van der Waals surface area contributed by atoms with E-state index in [0.29, 0.717) is 12.0 Å². The molecule has 0 aromatic heterocycles. The van der Waals surface area contributed by atoms with Gasteiger partial charge in [-0.2, -0.15) is 0 Å². The minimum atomic E-state index is -0.483. The van der Waals surface area contributed by atoms with Crippen LogP contribution in [0.2, 0.25) is 0 Å². The van der Waals surface area contributed by atoms with Crippen LogP contribution in [0.4, 0.5) is 0 Å². The summed E-state index contributed by atoms with van der Waals surface area (Å²) in [5.74, 6) is -0.256. The Hall–Kier alpha value is -1.88. The van der Waals surface area contributed by atoms with E-state index in [9.17, 15) is 9.59 Å². The standard InChI is InChI=1S/C15H18N2O3/c1-17-9-15(8-13(17)18)5-4-10-6-11(14(19)16-20)2-3-12(10)7-15/h2-3,6,20H,4-5,7-9H2,1H3,(H,16,19)/t15-/m1/s1. The number of nitrogens with zero attached hydrogens (tertiary/aromatic N) is 1. The zero-order valence-corrected chi connectivity index (χ0v) is 11.5. The van der Waals surface area contributed by atoms with Crippen LogP contribution in [0, 0.1) is 5.41 Å². The molecule has 2 N–H and O–H groups in total. The number of hydroxylamine groups is 1. The molecule has 1 spiro atoms. The predicted molar refractivity (Wildman–Crippen MR) is 72.4 cm³/mol. The molecule has 106 valence electrons. The molecule has 5 nitrogen and oxygen atoms in total. The third-order valence-electron chi connectivity index (χ3n) is 4.58. The van der Waals surface area contributed by atoms with Crippen LogP contribution in [0.1, 0.15) is 34.3 Å². The molecule has 0 saturated carbocycles. The lowest BCUT2D eigenvalue weighted by molar-refractivity contribution is -0.126. The topological polar surface area (TPSA) is 69.6 Å². The van der Waals surface area contributed by atoms with E-state index in [2.05, 4.69) is 0 Å². The van der Waals surface area contributed by atoms with Crippen LogP contribution in [0.25, 0.3) is 0 Å². The summed E-state index contributed by atoms with van der Waals surface area (Å²) >= 11 is 0. The van der Waals surface area contributed by atoms with Gasteiger partial charge < -0.3 is 4.90 Å². The summed E-state index contributed by atoms with van der Waals surface area (Å²) in [6.45, 7) is 0.824. The summed E-state index contributed by atoms with van der Waals surface area (Å²) in [6.07, 6.45) is 3.37. The minimum Gasteiger partial charge on any atom is -0.345 e. The summed E-state index contributed by atoms with van der Waals surface area (Å²) < 4.78 is 0. The lowest BCUT2D eigenvalue weighted by atomic mass is 9.71. The average molecular weight is 274 g/mol.